The lowest BCUT2D eigenvalue weighted by atomic mass is 9.71. The number of imide groups is 1. The zero-order chi connectivity index (χ0) is 10.6. The third-order valence-corrected chi connectivity index (χ3v) is 3.93. The van der Waals surface area contributed by atoms with Gasteiger partial charge in [-0.05, 0) is 12.8 Å². The van der Waals surface area contributed by atoms with Crippen molar-refractivity contribution in [3.05, 3.63) is 0 Å². The Labute approximate surface area is 88.4 Å². The van der Waals surface area contributed by atoms with Gasteiger partial charge in [0.15, 0.2) is 0 Å². The highest BCUT2D eigenvalue weighted by molar-refractivity contribution is 6.05. The van der Waals surface area contributed by atoms with Gasteiger partial charge in [-0.3, -0.25) is 14.9 Å². The summed E-state index contributed by atoms with van der Waals surface area (Å²) in [6.45, 7) is 2.11. The standard InChI is InChI=1S/C11H15NO3/c1-2-3-5-8-6(4-7-9(5)15-7)10(13)12-11(8)14/h5-9H,2-4H2,1H3,(H,12,13,14). The summed E-state index contributed by atoms with van der Waals surface area (Å²) in [5.41, 5.74) is 0. The predicted octanol–water partition coefficient (Wildman–Crippen LogP) is 0.463. The Morgan fingerprint density at radius 1 is 1.40 bits per heavy atom. The van der Waals surface area contributed by atoms with E-state index in [1.807, 2.05) is 0 Å². The molecule has 0 radical (unpaired) electrons. The molecular formula is C11H15NO3. The number of ether oxygens (including phenoxy) is 1. The predicted molar refractivity (Wildman–Crippen MR) is 51.8 cm³/mol. The second-order valence-corrected chi connectivity index (χ2v) is 4.81. The number of rotatable bonds is 2. The van der Waals surface area contributed by atoms with Crippen molar-refractivity contribution in [2.75, 3.05) is 0 Å². The molecule has 0 aromatic carbocycles. The van der Waals surface area contributed by atoms with E-state index in [1.54, 1.807) is 0 Å². The van der Waals surface area contributed by atoms with Crippen LogP contribution in [-0.4, -0.2) is 24.0 Å². The lowest BCUT2D eigenvalue weighted by Gasteiger charge is -2.27. The van der Waals surface area contributed by atoms with Crippen molar-refractivity contribution in [1.82, 2.24) is 5.32 Å². The largest absolute Gasteiger partial charge is 0.369 e. The van der Waals surface area contributed by atoms with Crippen LogP contribution in [0.2, 0.25) is 0 Å². The number of hydrogen-bond acceptors (Lipinski definition) is 3. The Hall–Kier alpha value is -0.900. The van der Waals surface area contributed by atoms with Crippen LogP contribution in [-0.2, 0) is 14.3 Å². The number of epoxide rings is 1. The van der Waals surface area contributed by atoms with E-state index in [-0.39, 0.29) is 41.8 Å². The third kappa shape index (κ3) is 1.24. The fourth-order valence-electron chi connectivity index (χ4n) is 3.24. The molecular weight excluding hydrogens is 194 g/mol. The van der Waals surface area contributed by atoms with Crippen LogP contribution in [0.1, 0.15) is 26.2 Å². The van der Waals surface area contributed by atoms with Gasteiger partial charge in [0.1, 0.15) is 0 Å². The molecule has 2 aliphatic heterocycles. The summed E-state index contributed by atoms with van der Waals surface area (Å²) in [5, 5.41) is 2.45. The summed E-state index contributed by atoms with van der Waals surface area (Å²) in [7, 11) is 0. The lowest BCUT2D eigenvalue weighted by Crippen LogP contribution is -2.35. The molecule has 0 aromatic heterocycles. The molecule has 2 heterocycles. The molecule has 2 saturated heterocycles. The maximum absolute atomic E-state index is 11.7. The van der Waals surface area contributed by atoms with E-state index < -0.39 is 0 Å². The average Bonchev–Trinajstić information content (AvgIpc) is 2.90. The topological polar surface area (TPSA) is 58.7 Å². The first-order valence-electron chi connectivity index (χ1n) is 5.72. The number of nitrogens with one attached hydrogen (secondary N) is 1. The smallest absolute Gasteiger partial charge is 0.230 e. The monoisotopic (exact) mass is 209 g/mol. The molecule has 2 amide bonds. The minimum Gasteiger partial charge on any atom is -0.369 e. The second-order valence-electron chi connectivity index (χ2n) is 4.81. The molecule has 82 valence electrons. The summed E-state index contributed by atoms with van der Waals surface area (Å²) in [6, 6.07) is 0. The highest BCUT2D eigenvalue weighted by Crippen LogP contribution is 2.50. The summed E-state index contributed by atoms with van der Waals surface area (Å²) < 4.78 is 5.54. The Balaban J connectivity index is 1.87. The van der Waals surface area contributed by atoms with Crippen molar-refractivity contribution < 1.29 is 14.3 Å². The molecule has 3 fully saturated rings. The molecule has 1 saturated carbocycles. The first-order valence-corrected chi connectivity index (χ1v) is 5.72. The molecule has 3 rings (SSSR count). The summed E-state index contributed by atoms with van der Waals surface area (Å²) in [6.07, 6.45) is 3.28. The Bertz CT molecular complexity index is 328. The lowest BCUT2D eigenvalue weighted by molar-refractivity contribution is -0.126. The normalized spacial score (nSPS) is 47.1. The van der Waals surface area contributed by atoms with Gasteiger partial charge in [0.05, 0.1) is 24.0 Å². The van der Waals surface area contributed by atoms with Gasteiger partial charge in [-0.25, -0.2) is 0 Å². The van der Waals surface area contributed by atoms with Gasteiger partial charge in [0.25, 0.3) is 0 Å². The van der Waals surface area contributed by atoms with Crippen molar-refractivity contribution in [3.63, 3.8) is 0 Å². The van der Waals surface area contributed by atoms with E-state index in [0.29, 0.717) is 0 Å². The fourth-order valence-corrected chi connectivity index (χ4v) is 3.24. The number of hydrogen-bond donors (Lipinski definition) is 1. The zero-order valence-corrected chi connectivity index (χ0v) is 8.73. The zero-order valence-electron chi connectivity index (χ0n) is 8.73. The number of fused-ring (bicyclic) bond motifs is 2. The van der Waals surface area contributed by atoms with Crippen LogP contribution in [0.25, 0.3) is 0 Å². The van der Waals surface area contributed by atoms with Crippen molar-refractivity contribution in [1.29, 1.82) is 0 Å². The maximum atomic E-state index is 11.7. The molecule has 4 nitrogen and oxygen atoms in total. The maximum Gasteiger partial charge on any atom is 0.230 e. The highest BCUT2D eigenvalue weighted by atomic mass is 16.6. The summed E-state index contributed by atoms with van der Waals surface area (Å²) in [4.78, 5) is 23.2. The number of amides is 2. The minimum absolute atomic E-state index is 0.0719. The Morgan fingerprint density at radius 3 is 2.93 bits per heavy atom. The van der Waals surface area contributed by atoms with Crippen LogP contribution in [0.5, 0.6) is 0 Å². The molecule has 0 bridgehead atoms. The summed E-state index contributed by atoms with van der Waals surface area (Å²) in [5.74, 6) is -0.110. The van der Waals surface area contributed by atoms with Gasteiger partial charge in [-0.1, -0.05) is 13.3 Å². The number of carbonyl (C=O) groups is 2. The first-order chi connectivity index (χ1) is 7.22. The van der Waals surface area contributed by atoms with E-state index >= 15 is 0 Å². The average molecular weight is 209 g/mol. The van der Waals surface area contributed by atoms with Crippen LogP contribution in [0.3, 0.4) is 0 Å². The van der Waals surface area contributed by atoms with Gasteiger partial charge in [0, 0.05) is 5.92 Å². The van der Waals surface area contributed by atoms with Gasteiger partial charge >= 0.3 is 0 Å². The third-order valence-electron chi connectivity index (χ3n) is 3.93. The van der Waals surface area contributed by atoms with E-state index in [9.17, 15) is 9.59 Å². The summed E-state index contributed by atoms with van der Waals surface area (Å²) >= 11 is 0. The fraction of sp³-hybridized carbons (Fsp3) is 0.818. The molecule has 4 heteroatoms. The van der Waals surface area contributed by atoms with E-state index in [2.05, 4.69) is 12.2 Å². The van der Waals surface area contributed by atoms with E-state index in [4.69, 9.17) is 4.74 Å². The van der Waals surface area contributed by atoms with E-state index in [1.165, 1.54) is 0 Å². The molecule has 1 N–H and O–H groups in total. The van der Waals surface area contributed by atoms with E-state index in [0.717, 1.165) is 19.3 Å². The molecule has 0 spiro atoms. The molecule has 1 aliphatic carbocycles. The van der Waals surface area contributed by atoms with Crippen molar-refractivity contribution in [3.8, 4) is 0 Å². The first kappa shape index (κ1) is 9.33. The van der Waals surface area contributed by atoms with Gasteiger partial charge < -0.3 is 4.74 Å². The van der Waals surface area contributed by atoms with Gasteiger partial charge in [-0.2, -0.15) is 0 Å². The van der Waals surface area contributed by atoms with Crippen molar-refractivity contribution in [2.24, 2.45) is 17.8 Å². The molecule has 3 aliphatic rings. The molecule has 5 atom stereocenters. The van der Waals surface area contributed by atoms with Crippen LogP contribution < -0.4 is 5.32 Å². The SMILES string of the molecule is CCCC1C2OC2CC2C(=O)NC(=O)C21. The Kier molecular flexibility index (Phi) is 1.89. The van der Waals surface area contributed by atoms with Crippen molar-refractivity contribution >= 4 is 11.8 Å². The quantitative estimate of drug-likeness (QED) is 0.531. The second kappa shape index (κ2) is 3.04. The van der Waals surface area contributed by atoms with Gasteiger partial charge in [-0.15, -0.1) is 0 Å². The molecule has 5 unspecified atom stereocenters. The van der Waals surface area contributed by atoms with Crippen LogP contribution in [0.15, 0.2) is 0 Å². The van der Waals surface area contributed by atoms with Crippen LogP contribution >= 0.6 is 0 Å². The molecule has 0 aromatic rings. The Morgan fingerprint density at radius 2 is 2.20 bits per heavy atom. The minimum atomic E-state index is -0.113. The van der Waals surface area contributed by atoms with Gasteiger partial charge in [0.2, 0.25) is 11.8 Å². The molecule has 15 heavy (non-hydrogen) atoms. The van der Waals surface area contributed by atoms with Crippen molar-refractivity contribution in [2.45, 2.75) is 38.4 Å². The number of carbonyl (C=O) groups excluding carboxylic acids is 2. The van der Waals surface area contributed by atoms with Crippen LogP contribution in [0, 0.1) is 17.8 Å². The van der Waals surface area contributed by atoms with Crippen LogP contribution in [0.4, 0.5) is 0 Å². The highest BCUT2D eigenvalue weighted by Gasteiger charge is 2.60.